The number of methoxy groups -OCH3 is 1. The molecule has 0 amide bonds. The Morgan fingerprint density at radius 1 is 1.12 bits per heavy atom. The van der Waals surface area contributed by atoms with Crippen molar-refractivity contribution in [1.82, 2.24) is 19.5 Å². The van der Waals surface area contributed by atoms with Gasteiger partial charge in [-0.1, -0.05) is 6.92 Å². The number of rotatable bonds is 12. The van der Waals surface area contributed by atoms with Gasteiger partial charge in [-0.25, -0.2) is 9.97 Å². The van der Waals surface area contributed by atoms with Gasteiger partial charge in [-0.05, 0) is 32.4 Å². The van der Waals surface area contributed by atoms with Crippen LogP contribution in [0.3, 0.4) is 0 Å². The Balaban J connectivity index is 1.95. The van der Waals surface area contributed by atoms with Crippen molar-refractivity contribution in [2.24, 2.45) is 0 Å². The molecular formula is C23H31N5O4. The van der Waals surface area contributed by atoms with Crippen molar-refractivity contribution in [3.8, 4) is 17.1 Å². The van der Waals surface area contributed by atoms with Crippen LogP contribution in [-0.2, 0) is 16.0 Å². The number of hydrogen-bond acceptors (Lipinski definition) is 8. The second-order valence-electron chi connectivity index (χ2n) is 7.52. The molecule has 0 aliphatic carbocycles. The summed E-state index contributed by atoms with van der Waals surface area (Å²) in [4.78, 5) is 26.5. The molecule has 0 radical (unpaired) electrons. The fourth-order valence-electron chi connectivity index (χ4n) is 3.16. The van der Waals surface area contributed by atoms with Crippen molar-refractivity contribution >= 4 is 16.9 Å². The first-order chi connectivity index (χ1) is 15.5. The van der Waals surface area contributed by atoms with Crippen LogP contribution in [0.15, 0.2) is 35.4 Å². The Morgan fingerprint density at radius 3 is 2.66 bits per heavy atom. The quantitative estimate of drug-likeness (QED) is 0.428. The van der Waals surface area contributed by atoms with Crippen LogP contribution in [0.5, 0.6) is 5.88 Å². The summed E-state index contributed by atoms with van der Waals surface area (Å²) in [6, 6.07) is 5.51. The predicted molar refractivity (Wildman–Crippen MR) is 124 cm³/mol. The Hall–Kier alpha value is -3.04. The van der Waals surface area contributed by atoms with E-state index in [4.69, 9.17) is 14.2 Å². The van der Waals surface area contributed by atoms with Crippen LogP contribution < -0.4 is 15.6 Å². The summed E-state index contributed by atoms with van der Waals surface area (Å²) in [6.07, 6.45) is 4.42. The number of aromatic nitrogens is 4. The van der Waals surface area contributed by atoms with E-state index in [9.17, 15) is 4.79 Å². The third-order valence-electron chi connectivity index (χ3n) is 4.73. The molecule has 3 heterocycles. The van der Waals surface area contributed by atoms with E-state index in [0.717, 1.165) is 12.0 Å². The number of fused-ring (bicyclic) bond motifs is 1. The molecule has 0 aliphatic rings. The molecule has 9 nitrogen and oxygen atoms in total. The fourth-order valence-corrected chi connectivity index (χ4v) is 3.16. The lowest BCUT2D eigenvalue weighted by atomic mass is 10.2. The highest BCUT2D eigenvalue weighted by atomic mass is 16.5. The SMILES string of the molecule is CCCOCCn1c(=O)c(NCCOC(C)C)nc2cnc(-c3ccc(OC)nc3)cc21. The topological polar surface area (TPSA) is 100 Å². The molecule has 3 aromatic rings. The standard InChI is InChI=1S/C23H31N5O4/c1-5-10-31-12-9-28-20-13-18(17-6-7-21(30-4)26-14-17)25-15-19(20)27-22(23(28)29)24-8-11-32-16(2)3/h6-7,13-16H,5,8-12H2,1-4H3,(H,24,27). The molecule has 0 unspecified atom stereocenters. The maximum Gasteiger partial charge on any atom is 0.293 e. The van der Waals surface area contributed by atoms with Gasteiger partial charge >= 0.3 is 0 Å². The maximum atomic E-state index is 13.2. The molecule has 0 bridgehead atoms. The molecule has 0 aliphatic heterocycles. The zero-order chi connectivity index (χ0) is 22.9. The molecule has 9 heteroatoms. The van der Waals surface area contributed by atoms with E-state index in [1.165, 1.54) is 0 Å². The van der Waals surface area contributed by atoms with Gasteiger partial charge in [-0.3, -0.25) is 9.78 Å². The summed E-state index contributed by atoms with van der Waals surface area (Å²) >= 11 is 0. The maximum absolute atomic E-state index is 13.2. The molecule has 0 spiro atoms. The largest absolute Gasteiger partial charge is 0.481 e. The Labute approximate surface area is 187 Å². The highest BCUT2D eigenvalue weighted by Crippen LogP contribution is 2.22. The van der Waals surface area contributed by atoms with E-state index in [2.05, 4.69) is 27.2 Å². The van der Waals surface area contributed by atoms with Crippen molar-refractivity contribution in [2.75, 3.05) is 38.8 Å². The molecule has 3 aromatic heterocycles. The number of ether oxygens (including phenoxy) is 3. The third-order valence-corrected chi connectivity index (χ3v) is 4.73. The third kappa shape index (κ3) is 6.02. The van der Waals surface area contributed by atoms with E-state index in [-0.39, 0.29) is 17.5 Å². The van der Waals surface area contributed by atoms with Crippen LogP contribution in [0.2, 0.25) is 0 Å². The fraction of sp³-hybridized carbons (Fsp3) is 0.478. The Bertz CT molecular complexity index is 1070. The molecule has 0 fully saturated rings. The van der Waals surface area contributed by atoms with Crippen LogP contribution in [0.4, 0.5) is 5.82 Å². The first kappa shape index (κ1) is 23.6. The monoisotopic (exact) mass is 441 g/mol. The lowest BCUT2D eigenvalue weighted by molar-refractivity contribution is 0.0870. The first-order valence-corrected chi connectivity index (χ1v) is 10.9. The molecule has 0 aromatic carbocycles. The van der Waals surface area contributed by atoms with Crippen LogP contribution in [-0.4, -0.2) is 59.1 Å². The van der Waals surface area contributed by atoms with Crippen molar-refractivity contribution in [1.29, 1.82) is 0 Å². The van der Waals surface area contributed by atoms with E-state index < -0.39 is 0 Å². The van der Waals surface area contributed by atoms with Crippen molar-refractivity contribution < 1.29 is 14.2 Å². The van der Waals surface area contributed by atoms with Gasteiger partial charge in [0.1, 0.15) is 5.52 Å². The van der Waals surface area contributed by atoms with Crippen LogP contribution in [0.1, 0.15) is 27.2 Å². The number of anilines is 1. The van der Waals surface area contributed by atoms with Crippen molar-refractivity contribution in [3.63, 3.8) is 0 Å². The van der Waals surface area contributed by atoms with Gasteiger partial charge in [0, 0.05) is 37.5 Å². The van der Waals surface area contributed by atoms with E-state index in [1.54, 1.807) is 30.1 Å². The highest BCUT2D eigenvalue weighted by Gasteiger charge is 2.13. The summed E-state index contributed by atoms with van der Waals surface area (Å²) in [5.74, 6) is 0.805. The summed E-state index contributed by atoms with van der Waals surface area (Å²) in [7, 11) is 1.57. The van der Waals surface area contributed by atoms with Crippen LogP contribution in [0.25, 0.3) is 22.3 Å². The van der Waals surface area contributed by atoms with Gasteiger partial charge in [0.05, 0.1) is 43.8 Å². The minimum atomic E-state index is -0.202. The molecule has 1 N–H and O–H groups in total. The van der Waals surface area contributed by atoms with Gasteiger partial charge < -0.3 is 24.1 Å². The smallest absolute Gasteiger partial charge is 0.293 e. The molecule has 0 atom stereocenters. The average Bonchev–Trinajstić information content (AvgIpc) is 2.80. The Morgan fingerprint density at radius 2 is 1.97 bits per heavy atom. The van der Waals surface area contributed by atoms with Crippen molar-refractivity contribution in [3.05, 3.63) is 40.9 Å². The van der Waals surface area contributed by atoms with Crippen molar-refractivity contribution in [2.45, 2.75) is 39.8 Å². The average molecular weight is 442 g/mol. The van der Waals surface area contributed by atoms with Gasteiger partial charge in [0.15, 0.2) is 5.82 Å². The summed E-state index contributed by atoms with van der Waals surface area (Å²) in [5, 5.41) is 3.10. The number of nitrogens with one attached hydrogen (secondary N) is 1. The minimum absolute atomic E-state index is 0.129. The van der Waals surface area contributed by atoms with Gasteiger partial charge in [0.2, 0.25) is 5.88 Å². The van der Waals surface area contributed by atoms with Crippen LogP contribution >= 0.6 is 0 Å². The molecule has 0 saturated carbocycles. The van der Waals surface area contributed by atoms with Crippen LogP contribution in [0, 0.1) is 0 Å². The second kappa shape index (κ2) is 11.5. The van der Waals surface area contributed by atoms with E-state index in [1.807, 2.05) is 26.0 Å². The second-order valence-corrected chi connectivity index (χ2v) is 7.52. The predicted octanol–water partition coefficient (Wildman–Crippen LogP) is 3.13. The molecule has 0 saturated heterocycles. The highest BCUT2D eigenvalue weighted by molar-refractivity contribution is 5.80. The lowest BCUT2D eigenvalue weighted by Crippen LogP contribution is -2.28. The summed E-state index contributed by atoms with van der Waals surface area (Å²) in [6.45, 7) is 8.47. The number of pyridine rings is 2. The van der Waals surface area contributed by atoms with Gasteiger partial charge in [-0.15, -0.1) is 0 Å². The summed E-state index contributed by atoms with van der Waals surface area (Å²) < 4.78 is 18.0. The van der Waals surface area contributed by atoms with E-state index >= 15 is 0 Å². The van der Waals surface area contributed by atoms with Gasteiger partial charge in [0.25, 0.3) is 5.56 Å². The normalized spacial score (nSPS) is 11.3. The first-order valence-electron chi connectivity index (χ1n) is 10.9. The van der Waals surface area contributed by atoms with E-state index in [0.29, 0.717) is 55.5 Å². The summed E-state index contributed by atoms with van der Waals surface area (Å²) in [5.41, 5.74) is 2.63. The molecule has 32 heavy (non-hydrogen) atoms. The molecule has 3 rings (SSSR count). The Kier molecular flexibility index (Phi) is 8.52. The number of hydrogen-bond donors (Lipinski definition) is 1. The lowest BCUT2D eigenvalue weighted by Gasteiger charge is -2.14. The molecule has 172 valence electrons. The number of nitrogens with zero attached hydrogens (tertiary/aromatic N) is 4. The molecular weight excluding hydrogens is 410 g/mol. The van der Waals surface area contributed by atoms with Gasteiger partial charge in [-0.2, -0.15) is 0 Å². The zero-order valence-electron chi connectivity index (χ0n) is 19.1. The minimum Gasteiger partial charge on any atom is -0.481 e. The zero-order valence-corrected chi connectivity index (χ0v) is 19.1.